The molecule has 0 heterocycles. The van der Waals surface area contributed by atoms with Crippen molar-refractivity contribution in [2.24, 2.45) is 0 Å². The van der Waals surface area contributed by atoms with Gasteiger partial charge in [0.1, 0.15) is 11.5 Å². The van der Waals surface area contributed by atoms with Crippen molar-refractivity contribution in [1.82, 2.24) is 0 Å². The van der Waals surface area contributed by atoms with E-state index in [-0.39, 0.29) is 12.0 Å². The van der Waals surface area contributed by atoms with E-state index in [9.17, 15) is 5.11 Å². The van der Waals surface area contributed by atoms with Crippen LogP contribution in [-0.2, 0) is 12.0 Å². The second kappa shape index (κ2) is 5.86. The Balaban J connectivity index is 2.25. The normalized spacial score (nSPS) is 11.4. The zero-order valence-electron chi connectivity index (χ0n) is 12.0. The lowest BCUT2D eigenvalue weighted by Gasteiger charge is -2.19. The van der Waals surface area contributed by atoms with Crippen LogP contribution in [0.1, 0.15) is 31.9 Å². The molecule has 2 rings (SSSR count). The van der Waals surface area contributed by atoms with Crippen molar-refractivity contribution < 1.29 is 9.84 Å². The summed E-state index contributed by atoms with van der Waals surface area (Å²) < 4.78 is 5.80. The number of benzene rings is 2. The number of aliphatic hydroxyl groups excluding tert-OH is 1. The molecule has 0 radical (unpaired) electrons. The van der Waals surface area contributed by atoms with Gasteiger partial charge in [0.2, 0.25) is 0 Å². The summed E-state index contributed by atoms with van der Waals surface area (Å²) in [4.78, 5) is 0. The highest BCUT2D eigenvalue weighted by molar-refractivity contribution is 6.31. The number of halogens is 1. The van der Waals surface area contributed by atoms with Gasteiger partial charge in [-0.3, -0.25) is 0 Å². The Morgan fingerprint density at radius 3 is 2.25 bits per heavy atom. The maximum absolute atomic E-state index is 9.36. The number of hydrogen-bond acceptors (Lipinski definition) is 2. The molecule has 0 aromatic heterocycles. The van der Waals surface area contributed by atoms with Gasteiger partial charge in [-0.2, -0.15) is 0 Å². The number of hydrogen-bond donors (Lipinski definition) is 1. The molecule has 106 valence electrons. The molecular formula is C17H19ClO2. The molecule has 0 aliphatic rings. The molecular weight excluding hydrogens is 272 g/mol. The fraction of sp³-hybridized carbons (Fsp3) is 0.294. The Hall–Kier alpha value is -1.51. The molecule has 0 fully saturated rings. The van der Waals surface area contributed by atoms with Gasteiger partial charge in [0.25, 0.3) is 0 Å². The topological polar surface area (TPSA) is 29.5 Å². The maximum Gasteiger partial charge on any atom is 0.134 e. The first kappa shape index (κ1) is 14.9. The maximum atomic E-state index is 9.36. The van der Waals surface area contributed by atoms with Crippen molar-refractivity contribution in [3.05, 3.63) is 58.6 Å². The van der Waals surface area contributed by atoms with Gasteiger partial charge >= 0.3 is 0 Å². The third kappa shape index (κ3) is 3.33. The smallest absolute Gasteiger partial charge is 0.134 e. The summed E-state index contributed by atoms with van der Waals surface area (Å²) >= 11 is 6.04. The molecule has 0 atom stereocenters. The van der Waals surface area contributed by atoms with E-state index in [0.29, 0.717) is 16.3 Å². The first-order valence-electron chi connectivity index (χ1n) is 6.58. The van der Waals surface area contributed by atoms with Gasteiger partial charge < -0.3 is 9.84 Å². The third-order valence-corrected chi connectivity index (χ3v) is 3.54. The monoisotopic (exact) mass is 290 g/mol. The van der Waals surface area contributed by atoms with Gasteiger partial charge in [-0.05, 0) is 35.2 Å². The highest BCUT2D eigenvalue weighted by atomic mass is 35.5. The Morgan fingerprint density at radius 1 is 1.05 bits per heavy atom. The van der Waals surface area contributed by atoms with Crippen LogP contribution in [0.2, 0.25) is 5.02 Å². The van der Waals surface area contributed by atoms with Crippen LogP contribution >= 0.6 is 11.6 Å². The van der Waals surface area contributed by atoms with E-state index in [1.54, 1.807) is 18.2 Å². The molecule has 1 N–H and O–H groups in total. The second-order valence-electron chi connectivity index (χ2n) is 5.75. The zero-order chi connectivity index (χ0) is 14.8. The third-order valence-electron chi connectivity index (χ3n) is 3.18. The van der Waals surface area contributed by atoms with Crippen molar-refractivity contribution in [2.45, 2.75) is 32.8 Å². The molecule has 0 unspecified atom stereocenters. The van der Waals surface area contributed by atoms with E-state index in [1.807, 2.05) is 12.1 Å². The standard InChI is InChI=1S/C17H19ClO2/c1-17(2,3)12-7-9-13(10-8-12)20-16-6-4-5-15(18)14(16)11-19/h4-10,19H,11H2,1-3H3. The van der Waals surface area contributed by atoms with E-state index in [1.165, 1.54) is 5.56 Å². The van der Waals surface area contributed by atoms with Gasteiger partial charge in [-0.25, -0.2) is 0 Å². The van der Waals surface area contributed by atoms with Crippen LogP contribution < -0.4 is 4.74 Å². The van der Waals surface area contributed by atoms with Crippen molar-refractivity contribution in [1.29, 1.82) is 0 Å². The van der Waals surface area contributed by atoms with E-state index in [2.05, 4.69) is 32.9 Å². The molecule has 0 bridgehead atoms. The number of ether oxygens (including phenoxy) is 1. The Kier molecular flexibility index (Phi) is 4.36. The molecule has 0 saturated carbocycles. The fourth-order valence-electron chi connectivity index (χ4n) is 1.94. The lowest BCUT2D eigenvalue weighted by molar-refractivity contribution is 0.276. The summed E-state index contributed by atoms with van der Waals surface area (Å²) in [6.45, 7) is 6.37. The predicted molar refractivity (Wildman–Crippen MR) is 82.6 cm³/mol. The molecule has 0 saturated heterocycles. The first-order valence-corrected chi connectivity index (χ1v) is 6.96. The van der Waals surface area contributed by atoms with Crippen molar-refractivity contribution in [3.8, 4) is 11.5 Å². The molecule has 0 aliphatic carbocycles. The van der Waals surface area contributed by atoms with Gasteiger partial charge in [0, 0.05) is 10.6 Å². The van der Waals surface area contributed by atoms with Crippen LogP contribution in [0.5, 0.6) is 11.5 Å². The summed E-state index contributed by atoms with van der Waals surface area (Å²) in [7, 11) is 0. The minimum absolute atomic E-state index is 0.116. The van der Waals surface area contributed by atoms with Crippen LogP contribution in [0.3, 0.4) is 0 Å². The highest BCUT2D eigenvalue weighted by Crippen LogP contribution is 2.31. The molecule has 2 aromatic rings. The summed E-state index contributed by atoms with van der Waals surface area (Å²) in [5.74, 6) is 1.32. The number of aliphatic hydroxyl groups is 1. The summed E-state index contributed by atoms with van der Waals surface area (Å²) in [5.41, 5.74) is 1.97. The second-order valence-corrected chi connectivity index (χ2v) is 6.16. The largest absolute Gasteiger partial charge is 0.457 e. The molecule has 2 aromatic carbocycles. The summed E-state index contributed by atoms with van der Waals surface area (Å²) in [6, 6.07) is 13.3. The molecule has 20 heavy (non-hydrogen) atoms. The predicted octanol–water partition coefficient (Wildman–Crippen LogP) is 4.92. The van der Waals surface area contributed by atoms with Crippen molar-refractivity contribution in [3.63, 3.8) is 0 Å². The van der Waals surface area contributed by atoms with Gasteiger partial charge in [0.15, 0.2) is 0 Å². The zero-order valence-corrected chi connectivity index (χ0v) is 12.7. The molecule has 3 heteroatoms. The summed E-state index contributed by atoms with van der Waals surface area (Å²) in [5, 5.41) is 9.87. The minimum atomic E-state index is -0.144. The molecule has 2 nitrogen and oxygen atoms in total. The lowest BCUT2D eigenvalue weighted by atomic mass is 9.87. The van der Waals surface area contributed by atoms with Crippen LogP contribution in [0, 0.1) is 0 Å². The Labute approximate surface area is 125 Å². The van der Waals surface area contributed by atoms with Crippen LogP contribution in [0.15, 0.2) is 42.5 Å². The van der Waals surface area contributed by atoms with E-state index in [4.69, 9.17) is 16.3 Å². The molecule has 0 amide bonds. The molecule has 0 aliphatic heterocycles. The van der Waals surface area contributed by atoms with Crippen molar-refractivity contribution in [2.75, 3.05) is 0 Å². The lowest BCUT2D eigenvalue weighted by Crippen LogP contribution is -2.10. The first-order chi connectivity index (χ1) is 9.41. The van der Waals surface area contributed by atoms with Gasteiger partial charge in [-0.15, -0.1) is 0 Å². The average molecular weight is 291 g/mol. The van der Waals surface area contributed by atoms with E-state index >= 15 is 0 Å². The van der Waals surface area contributed by atoms with E-state index in [0.717, 1.165) is 5.75 Å². The fourth-order valence-corrected chi connectivity index (χ4v) is 2.16. The molecule has 0 spiro atoms. The summed E-state index contributed by atoms with van der Waals surface area (Å²) in [6.07, 6.45) is 0. The van der Waals surface area contributed by atoms with Gasteiger partial charge in [0.05, 0.1) is 6.61 Å². The van der Waals surface area contributed by atoms with Crippen LogP contribution in [-0.4, -0.2) is 5.11 Å². The van der Waals surface area contributed by atoms with Crippen molar-refractivity contribution >= 4 is 11.6 Å². The Morgan fingerprint density at radius 2 is 1.70 bits per heavy atom. The van der Waals surface area contributed by atoms with E-state index < -0.39 is 0 Å². The average Bonchev–Trinajstić information content (AvgIpc) is 2.38. The van der Waals surface area contributed by atoms with Gasteiger partial charge in [-0.1, -0.05) is 50.6 Å². The Bertz CT molecular complexity index is 583. The number of rotatable bonds is 3. The van der Waals surface area contributed by atoms with Crippen LogP contribution in [0.25, 0.3) is 0 Å². The quantitative estimate of drug-likeness (QED) is 0.869. The van der Waals surface area contributed by atoms with Crippen LogP contribution in [0.4, 0.5) is 0 Å². The minimum Gasteiger partial charge on any atom is -0.457 e. The highest BCUT2D eigenvalue weighted by Gasteiger charge is 2.13. The SMILES string of the molecule is CC(C)(C)c1ccc(Oc2cccc(Cl)c2CO)cc1.